The predicted octanol–water partition coefficient (Wildman–Crippen LogP) is 4.18. The van der Waals surface area contributed by atoms with E-state index in [1.54, 1.807) is 0 Å². The summed E-state index contributed by atoms with van der Waals surface area (Å²) in [5.41, 5.74) is 1.17. The Morgan fingerprint density at radius 2 is 1.95 bits per heavy atom. The van der Waals surface area contributed by atoms with E-state index in [0.29, 0.717) is 12.8 Å². The molecule has 102 valence electrons. The van der Waals surface area contributed by atoms with Gasteiger partial charge in [-0.2, -0.15) is 0 Å². The first kappa shape index (κ1) is 12.8. The van der Waals surface area contributed by atoms with Gasteiger partial charge in [-0.1, -0.05) is 30.3 Å². The van der Waals surface area contributed by atoms with Crippen LogP contribution in [0.3, 0.4) is 0 Å². The second-order valence-corrected chi connectivity index (χ2v) is 5.91. The van der Waals surface area contributed by atoms with Crippen molar-refractivity contribution >= 4 is 5.78 Å². The van der Waals surface area contributed by atoms with E-state index in [2.05, 4.69) is 0 Å². The molecule has 3 heteroatoms. The summed E-state index contributed by atoms with van der Waals surface area (Å²) in [4.78, 5) is 12.3. The van der Waals surface area contributed by atoms with Gasteiger partial charge in [0.1, 0.15) is 5.78 Å². The Morgan fingerprint density at radius 1 is 1.21 bits per heavy atom. The molecule has 2 aliphatic rings. The van der Waals surface area contributed by atoms with Gasteiger partial charge in [0.2, 0.25) is 5.92 Å². The number of hydrogen-bond acceptors (Lipinski definition) is 1. The van der Waals surface area contributed by atoms with Gasteiger partial charge in [-0.25, -0.2) is 8.78 Å². The maximum Gasteiger partial charge on any atom is 0.248 e. The Hall–Kier alpha value is -1.25. The third kappa shape index (κ3) is 2.70. The molecule has 0 saturated heterocycles. The summed E-state index contributed by atoms with van der Waals surface area (Å²) in [6.07, 6.45) is 1.68. The van der Waals surface area contributed by atoms with E-state index in [1.807, 2.05) is 30.3 Å². The highest BCUT2D eigenvalue weighted by atomic mass is 19.3. The molecule has 2 fully saturated rings. The van der Waals surface area contributed by atoms with Crippen molar-refractivity contribution in [2.45, 2.75) is 43.9 Å². The van der Waals surface area contributed by atoms with Crippen LogP contribution in [-0.4, -0.2) is 11.7 Å². The molecule has 3 atom stereocenters. The van der Waals surface area contributed by atoms with Crippen molar-refractivity contribution in [3.8, 4) is 0 Å². The second-order valence-electron chi connectivity index (χ2n) is 5.91. The Labute approximate surface area is 112 Å². The molecule has 0 aromatic heterocycles. The van der Waals surface area contributed by atoms with Gasteiger partial charge < -0.3 is 0 Å². The number of hydrogen-bond donors (Lipinski definition) is 0. The highest BCUT2D eigenvalue weighted by Crippen LogP contribution is 2.51. The van der Waals surface area contributed by atoms with Crippen LogP contribution in [-0.2, 0) is 4.79 Å². The lowest BCUT2D eigenvalue weighted by molar-refractivity contribution is -0.131. The number of carbonyl (C=O) groups excluding carboxylic acids is 1. The van der Waals surface area contributed by atoms with Crippen molar-refractivity contribution in [1.29, 1.82) is 0 Å². The summed E-state index contributed by atoms with van der Waals surface area (Å²) in [6.45, 7) is 0. The predicted molar refractivity (Wildman–Crippen MR) is 69.2 cm³/mol. The fourth-order valence-electron chi connectivity index (χ4n) is 3.30. The van der Waals surface area contributed by atoms with E-state index in [0.717, 1.165) is 6.42 Å². The summed E-state index contributed by atoms with van der Waals surface area (Å²) in [6, 6.07) is 9.92. The lowest BCUT2D eigenvalue weighted by Gasteiger charge is -2.28. The van der Waals surface area contributed by atoms with Crippen LogP contribution in [0.1, 0.15) is 43.6 Å². The molecule has 1 aromatic carbocycles. The lowest BCUT2D eigenvalue weighted by atomic mass is 9.82. The normalized spacial score (nSPS) is 32.8. The molecule has 0 N–H and O–H groups in total. The van der Waals surface area contributed by atoms with Gasteiger partial charge in [0, 0.05) is 24.7 Å². The number of alkyl halides is 2. The first-order valence-corrected chi connectivity index (χ1v) is 7.03. The van der Waals surface area contributed by atoms with Gasteiger partial charge in [-0.15, -0.1) is 0 Å². The first-order valence-electron chi connectivity index (χ1n) is 7.03. The molecular formula is C16H18F2O. The van der Waals surface area contributed by atoms with Crippen molar-refractivity contribution in [3.05, 3.63) is 35.9 Å². The van der Waals surface area contributed by atoms with Crippen LogP contribution >= 0.6 is 0 Å². The molecule has 3 rings (SSSR count). The zero-order valence-corrected chi connectivity index (χ0v) is 10.8. The fourth-order valence-corrected chi connectivity index (χ4v) is 3.30. The monoisotopic (exact) mass is 264 g/mol. The van der Waals surface area contributed by atoms with Gasteiger partial charge in [-0.3, -0.25) is 4.79 Å². The van der Waals surface area contributed by atoms with Gasteiger partial charge in [0.05, 0.1) is 0 Å². The van der Waals surface area contributed by atoms with Crippen LogP contribution < -0.4 is 0 Å². The minimum absolute atomic E-state index is 0.0127. The average Bonchev–Trinajstić information content (AvgIpc) is 3.18. The number of rotatable bonds is 3. The fraction of sp³-hybridized carbons (Fsp3) is 0.562. The number of carbonyl (C=O) groups is 1. The van der Waals surface area contributed by atoms with Gasteiger partial charge in [-0.05, 0) is 30.7 Å². The van der Waals surface area contributed by atoms with Gasteiger partial charge in [0.15, 0.2) is 0 Å². The summed E-state index contributed by atoms with van der Waals surface area (Å²) in [7, 11) is 0. The number of benzene rings is 1. The highest BCUT2D eigenvalue weighted by molar-refractivity contribution is 5.87. The molecule has 2 saturated carbocycles. The van der Waals surface area contributed by atoms with Crippen LogP contribution in [0.15, 0.2) is 30.3 Å². The molecule has 0 amide bonds. The molecule has 0 spiro atoms. The molecule has 0 aliphatic heterocycles. The molecular weight excluding hydrogens is 246 g/mol. The standard InChI is InChI=1S/C16H18F2O/c17-16(18)8-4-7-12(10-16)15(19)14-9-13(14)11-5-2-1-3-6-11/h1-3,5-6,12-14H,4,7-10H2. The average molecular weight is 264 g/mol. The second kappa shape index (κ2) is 4.69. The largest absolute Gasteiger partial charge is 0.299 e. The summed E-state index contributed by atoms with van der Waals surface area (Å²) >= 11 is 0. The Kier molecular flexibility index (Phi) is 3.15. The molecule has 0 bridgehead atoms. The van der Waals surface area contributed by atoms with Crippen LogP contribution in [0, 0.1) is 11.8 Å². The van der Waals surface area contributed by atoms with E-state index >= 15 is 0 Å². The third-order valence-electron chi connectivity index (χ3n) is 4.43. The number of ketones is 1. The topological polar surface area (TPSA) is 17.1 Å². The first-order chi connectivity index (χ1) is 9.07. The van der Waals surface area contributed by atoms with Crippen LogP contribution in [0.5, 0.6) is 0 Å². The zero-order valence-electron chi connectivity index (χ0n) is 10.8. The van der Waals surface area contributed by atoms with E-state index in [-0.39, 0.29) is 30.5 Å². The molecule has 3 unspecified atom stereocenters. The summed E-state index contributed by atoms with van der Waals surface area (Å²) in [5, 5.41) is 0. The molecule has 0 heterocycles. The molecule has 0 radical (unpaired) electrons. The molecule has 1 aromatic rings. The SMILES string of the molecule is O=C(C1CCCC(F)(F)C1)C1CC1c1ccccc1. The Morgan fingerprint density at radius 3 is 2.63 bits per heavy atom. The smallest absolute Gasteiger partial charge is 0.248 e. The van der Waals surface area contributed by atoms with Gasteiger partial charge >= 0.3 is 0 Å². The zero-order chi connectivity index (χ0) is 13.5. The molecule has 2 aliphatic carbocycles. The highest BCUT2D eigenvalue weighted by Gasteiger charge is 2.48. The van der Waals surface area contributed by atoms with Crippen molar-refractivity contribution in [2.75, 3.05) is 0 Å². The van der Waals surface area contributed by atoms with Crippen LogP contribution in [0.2, 0.25) is 0 Å². The van der Waals surface area contributed by atoms with Crippen molar-refractivity contribution in [3.63, 3.8) is 0 Å². The minimum Gasteiger partial charge on any atom is -0.299 e. The summed E-state index contributed by atoms with van der Waals surface area (Å²) < 4.78 is 26.7. The quantitative estimate of drug-likeness (QED) is 0.800. The van der Waals surface area contributed by atoms with Gasteiger partial charge in [0.25, 0.3) is 0 Å². The minimum atomic E-state index is -2.63. The maximum atomic E-state index is 13.4. The van der Waals surface area contributed by atoms with Crippen LogP contribution in [0.25, 0.3) is 0 Å². The van der Waals surface area contributed by atoms with Crippen molar-refractivity contribution in [1.82, 2.24) is 0 Å². The third-order valence-corrected chi connectivity index (χ3v) is 4.43. The summed E-state index contributed by atoms with van der Waals surface area (Å²) in [5.74, 6) is -2.71. The van der Waals surface area contributed by atoms with E-state index < -0.39 is 11.8 Å². The Bertz CT molecular complexity index is 469. The van der Waals surface area contributed by atoms with E-state index in [4.69, 9.17) is 0 Å². The van der Waals surface area contributed by atoms with E-state index in [9.17, 15) is 13.6 Å². The molecule has 19 heavy (non-hydrogen) atoms. The van der Waals surface area contributed by atoms with Crippen molar-refractivity contribution < 1.29 is 13.6 Å². The van der Waals surface area contributed by atoms with Crippen molar-refractivity contribution in [2.24, 2.45) is 11.8 Å². The molecule has 1 nitrogen and oxygen atoms in total. The van der Waals surface area contributed by atoms with E-state index in [1.165, 1.54) is 5.56 Å². The van der Waals surface area contributed by atoms with Crippen LogP contribution in [0.4, 0.5) is 8.78 Å². The number of Topliss-reactive ketones (excluding diaryl/α,β-unsaturated/α-hetero) is 1. The maximum absolute atomic E-state index is 13.4. The lowest BCUT2D eigenvalue weighted by Crippen LogP contribution is -2.31. The Balaban J connectivity index is 1.64. The number of halogens is 2.